The molecule has 0 heterocycles. The van der Waals surface area contributed by atoms with Crippen molar-refractivity contribution in [2.75, 3.05) is 5.75 Å². The van der Waals surface area contributed by atoms with Gasteiger partial charge in [0.05, 0.1) is 5.75 Å². The Morgan fingerprint density at radius 1 is 1.09 bits per heavy atom. The Labute approximate surface area is 206 Å². The molecule has 0 bridgehead atoms. The molecule has 174 valence electrons. The number of carbonyl (C=O) groups excluding carboxylic acids is 2. The number of nitrogens with one attached hydrogen (secondary N) is 1. The van der Waals surface area contributed by atoms with Crippen LogP contribution >= 0.6 is 35.0 Å². The van der Waals surface area contributed by atoms with Gasteiger partial charge in [-0.05, 0) is 62.9 Å². The van der Waals surface area contributed by atoms with E-state index in [9.17, 15) is 9.59 Å². The van der Waals surface area contributed by atoms with E-state index in [2.05, 4.69) is 24.4 Å². The van der Waals surface area contributed by atoms with Crippen molar-refractivity contribution in [3.63, 3.8) is 0 Å². The van der Waals surface area contributed by atoms with Crippen LogP contribution < -0.4 is 5.32 Å². The number of rotatable bonds is 9. The van der Waals surface area contributed by atoms with Gasteiger partial charge in [-0.2, -0.15) is 0 Å². The summed E-state index contributed by atoms with van der Waals surface area (Å²) in [5.74, 6) is 0.755. The van der Waals surface area contributed by atoms with Crippen LogP contribution in [0.3, 0.4) is 0 Å². The van der Waals surface area contributed by atoms with Crippen molar-refractivity contribution in [2.45, 2.75) is 64.9 Å². The molecule has 2 amide bonds. The van der Waals surface area contributed by atoms with Gasteiger partial charge in [0.2, 0.25) is 11.8 Å². The van der Waals surface area contributed by atoms with E-state index in [1.165, 1.54) is 11.1 Å². The molecule has 32 heavy (non-hydrogen) atoms. The zero-order chi connectivity index (χ0) is 23.9. The molecule has 4 nitrogen and oxygen atoms in total. The first-order chi connectivity index (χ1) is 15.0. The Morgan fingerprint density at radius 3 is 2.38 bits per heavy atom. The van der Waals surface area contributed by atoms with E-state index in [4.69, 9.17) is 23.2 Å². The maximum absolute atomic E-state index is 13.3. The molecule has 0 spiro atoms. The van der Waals surface area contributed by atoms with Crippen LogP contribution in [-0.4, -0.2) is 34.0 Å². The summed E-state index contributed by atoms with van der Waals surface area (Å²) in [5.41, 5.74) is 2.77. The molecule has 1 N–H and O–H groups in total. The van der Waals surface area contributed by atoms with Crippen LogP contribution in [0.2, 0.25) is 10.0 Å². The smallest absolute Gasteiger partial charge is 0.243 e. The Bertz CT molecular complexity index is 944. The molecule has 0 aliphatic rings. The van der Waals surface area contributed by atoms with Gasteiger partial charge in [-0.1, -0.05) is 60.5 Å². The minimum atomic E-state index is -0.590. The van der Waals surface area contributed by atoms with Crippen LogP contribution in [0.15, 0.2) is 42.5 Å². The van der Waals surface area contributed by atoms with E-state index in [0.29, 0.717) is 16.5 Å². The highest BCUT2D eigenvalue weighted by Gasteiger charge is 2.30. The average molecular weight is 496 g/mol. The number of halogens is 2. The molecular formula is C25H32Cl2N2O2S. The first kappa shape index (κ1) is 26.6. The van der Waals surface area contributed by atoms with Gasteiger partial charge < -0.3 is 10.2 Å². The second-order valence-electron chi connectivity index (χ2n) is 8.84. The van der Waals surface area contributed by atoms with Gasteiger partial charge in [-0.25, -0.2) is 0 Å². The monoisotopic (exact) mass is 494 g/mol. The van der Waals surface area contributed by atoms with Crippen LogP contribution in [-0.2, 0) is 21.9 Å². The molecule has 0 radical (unpaired) electrons. The van der Waals surface area contributed by atoms with Crippen molar-refractivity contribution in [3.8, 4) is 0 Å². The number of thioether (sulfide) groups is 1. The van der Waals surface area contributed by atoms with E-state index in [1.807, 2.05) is 39.8 Å². The van der Waals surface area contributed by atoms with Crippen molar-refractivity contribution < 1.29 is 9.59 Å². The van der Waals surface area contributed by atoms with E-state index in [1.54, 1.807) is 34.9 Å². The summed E-state index contributed by atoms with van der Waals surface area (Å²) < 4.78 is 0. The first-order valence-electron chi connectivity index (χ1n) is 10.7. The van der Waals surface area contributed by atoms with E-state index >= 15 is 0 Å². The van der Waals surface area contributed by atoms with Crippen molar-refractivity contribution in [1.29, 1.82) is 0 Å². The van der Waals surface area contributed by atoms with Gasteiger partial charge in [-0.3, -0.25) is 9.59 Å². The summed E-state index contributed by atoms with van der Waals surface area (Å²) in [4.78, 5) is 28.0. The zero-order valence-electron chi connectivity index (χ0n) is 19.4. The number of nitrogens with zero attached hydrogens (tertiary/aromatic N) is 1. The highest BCUT2D eigenvalue weighted by Crippen LogP contribution is 2.25. The summed E-state index contributed by atoms with van der Waals surface area (Å²) in [6.45, 7) is 10.0. The zero-order valence-corrected chi connectivity index (χ0v) is 21.7. The Morgan fingerprint density at radius 2 is 1.78 bits per heavy atom. The van der Waals surface area contributed by atoms with E-state index in [-0.39, 0.29) is 24.1 Å². The average Bonchev–Trinajstić information content (AvgIpc) is 2.69. The lowest BCUT2D eigenvalue weighted by Gasteiger charge is -2.33. The first-order valence-corrected chi connectivity index (χ1v) is 12.6. The summed E-state index contributed by atoms with van der Waals surface area (Å²) in [7, 11) is 0. The fraction of sp³-hybridized carbons (Fsp3) is 0.440. The van der Waals surface area contributed by atoms with Crippen LogP contribution in [0.5, 0.6) is 0 Å². The van der Waals surface area contributed by atoms with Crippen LogP contribution in [0.1, 0.15) is 50.8 Å². The van der Waals surface area contributed by atoms with Gasteiger partial charge in [0, 0.05) is 27.9 Å². The van der Waals surface area contributed by atoms with Gasteiger partial charge in [-0.15, -0.1) is 11.8 Å². The molecule has 0 saturated carbocycles. The molecule has 2 aromatic rings. The lowest BCUT2D eigenvalue weighted by atomic mass is 10.1. The number of aryl methyl sites for hydroxylation is 1. The number of hydrogen-bond donors (Lipinski definition) is 1. The number of amides is 2. The molecule has 7 heteroatoms. The second kappa shape index (κ2) is 12.0. The molecule has 0 fully saturated rings. The van der Waals surface area contributed by atoms with Gasteiger partial charge in [0.25, 0.3) is 0 Å². The second-order valence-corrected chi connectivity index (χ2v) is 10.7. The summed E-state index contributed by atoms with van der Waals surface area (Å²) in [6, 6.07) is 12.8. The van der Waals surface area contributed by atoms with Crippen molar-refractivity contribution >= 4 is 46.8 Å². The number of hydrogen-bond acceptors (Lipinski definition) is 3. The minimum Gasteiger partial charge on any atom is -0.350 e. The summed E-state index contributed by atoms with van der Waals surface area (Å²) >= 11 is 14.0. The third kappa shape index (κ3) is 8.02. The predicted molar refractivity (Wildman–Crippen MR) is 136 cm³/mol. The minimum absolute atomic E-state index is 0.0921. The Kier molecular flexibility index (Phi) is 9.93. The molecule has 0 aliphatic heterocycles. The SMILES string of the molecule is CCC(C(=O)NC(C)(C)C)N(Cc1ccc(Cl)cc1Cl)C(=O)CSCc1ccccc1C. The number of benzene rings is 2. The Balaban J connectivity index is 2.22. The molecule has 2 aromatic carbocycles. The standard InChI is InChI=1S/C25H32Cl2N2O2S/c1-6-22(24(31)28-25(3,4)5)29(14-18-11-12-20(26)13-21(18)27)23(30)16-32-15-19-10-8-7-9-17(19)2/h7-13,22H,6,14-16H2,1-5H3,(H,28,31). The van der Waals surface area contributed by atoms with Gasteiger partial charge in [0.15, 0.2) is 0 Å². The maximum atomic E-state index is 13.3. The molecular weight excluding hydrogens is 463 g/mol. The van der Waals surface area contributed by atoms with E-state index < -0.39 is 11.6 Å². The largest absolute Gasteiger partial charge is 0.350 e. The topological polar surface area (TPSA) is 49.4 Å². The maximum Gasteiger partial charge on any atom is 0.243 e. The van der Waals surface area contributed by atoms with Crippen LogP contribution in [0.25, 0.3) is 0 Å². The molecule has 2 rings (SSSR count). The highest BCUT2D eigenvalue weighted by atomic mass is 35.5. The van der Waals surface area contributed by atoms with Crippen LogP contribution in [0.4, 0.5) is 0 Å². The lowest BCUT2D eigenvalue weighted by Crippen LogP contribution is -2.53. The molecule has 1 unspecified atom stereocenters. The lowest BCUT2D eigenvalue weighted by molar-refractivity contribution is -0.140. The highest BCUT2D eigenvalue weighted by molar-refractivity contribution is 7.99. The quantitative estimate of drug-likeness (QED) is 0.447. The fourth-order valence-electron chi connectivity index (χ4n) is 3.31. The van der Waals surface area contributed by atoms with Gasteiger partial charge >= 0.3 is 0 Å². The third-order valence-corrected chi connectivity index (χ3v) is 6.54. The predicted octanol–water partition coefficient (Wildman–Crippen LogP) is 6.26. The van der Waals surface area contributed by atoms with E-state index in [0.717, 1.165) is 11.3 Å². The molecule has 0 aliphatic carbocycles. The molecule has 1 atom stereocenters. The fourth-order valence-corrected chi connectivity index (χ4v) is 4.76. The molecule has 0 aromatic heterocycles. The number of carbonyl (C=O) groups is 2. The van der Waals surface area contributed by atoms with Crippen molar-refractivity contribution in [3.05, 3.63) is 69.2 Å². The third-order valence-electron chi connectivity index (χ3n) is 4.98. The van der Waals surface area contributed by atoms with Crippen molar-refractivity contribution in [2.24, 2.45) is 0 Å². The normalized spacial score (nSPS) is 12.3. The van der Waals surface area contributed by atoms with Crippen molar-refractivity contribution in [1.82, 2.24) is 10.2 Å². The summed E-state index contributed by atoms with van der Waals surface area (Å²) in [5, 5.41) is 4.02. The summed E-state index contributed by atoms with van der Waals surface area (Å²) in [6.07, 6.45) is 0.501. The van der Waals surface area contributed by atoms with Crippen LogP contribution in [0, 0.1) is 6.92 Å². The van der Waals surface area contributed by atoms with Gasteiger partial charge in [0.1, 0.15) is 6.04 Å². The molecule has 0 saturated heterocycles. The Hall–Kier alpha value is -1.69.